The maximum atomic E-state index is 13.3. The van der Waals surface area contributed by atoms with Crippen molar-refractivity contribution in [3.8, 4) is 0 Å². The number of rotatable bonds is 5. The van der Waals surface area contributed by atoms with Gasteiger partial charge in [-0.15, -0.1) is 0 Å². The second kappa shape index (κ2) is 6.99. The first kappa shape index (κ1) is 19.9. The molecule has 4 bridgehead atoms. The Morgan fingerprint density at radius 1 is 1.17 bits per heavy atom. The van der Waals surface area contributed by atoms with Crippen molar-refractivity contribution in [2.24, 2.45) is 17.3 Å². The van der Waals surface area contributed by atoms with Crippen LogP contribution in [0.25, 0.3) is 0 Å². The van der Waals surface area contributed by atoms with E-state index in [0.717, 1.165) is 37.8 Å². The van der Waals surface area contributed by atoms with Crippen LogP contribution in [0.3, 0.4) is 0 Å². The second-order valence-electron chi connectivity index (χ2n) is 9.48. The minimum atomic E-state index is -0.757. The fourth-order valence-corrected chi connectivity index (χ4v) is 7.03. The Morgan fingerprint density at radius 2 is 1.83 bits per heavy atom. The van der Waals surface area contributed by atoms with Gasteiger partial charge in [-0.25, -0.2) is 4.68 Å². The molecule has 0 spiro atoms. The minimum Gasteiger partial charge on any atom is -0.481 e. The van der Waals surface area contributed by atoms with E-state index in [1.807, 2.05) is 0 Å². The van der Waals surface area contributed by atoms with Crippen molar-refractivity contribution in [3.05, 3.63) is 50.9 Å². The van der Waals surface area contributed by atoms with E-state index in [1.54, 1.807) is 35.1 Å². The van der Waals surface area contributed by atoms with Crippen molar-refractivity contribution in [2.45, 2.75) is 50.5 Å². The van der Waals surface area contributed by atoms with Crippen molar-refractivity contribution < 1.29 is 9.90 Å². The number of aliphatic carboxylic acids is 1. The Hall–Kier alpha value is -2.05. The summed E-state index contributed by atoms with van der Waals surface area (Å²) in [4.78, 5) is 24.8. The minimum absolute atomic E-state index is 0.1000. The standard InChI is InChI=1S/C22H23Cl2N3O3/c23-15-1-3-16(4-2-15)26-17-11-25-27(20(30)19(17)24)22-8-13-5-14(9-22)7-21(6-13,12-22)10-18(28)29/h1-4,11,13-14,26H,5-10,12H2,(H,28,29)/t13-,14+,21?,22?. The first-order valence-electron chi connectivity index (χ1n) is 10.3. The van der Waals surface area contributed by atoms with E-state index in [4.69, 9.17) is 23.2 Å². The molecule has 158 valence electrons. The maximum Gasteiger partial charge on any atom is 0.303 e. The average Bonchev–Trinajstić information content (AvgIpc) is 2.65. The molecule has 1 aromatic carbocycles. The lowest BCUT2D eigenvalue weighted by atomic mass is 9.46. The lowest BCUT2D eigenvalue weighted by Gasteiger charge is -2.61. The average molecular weight is 448 g/mol. The molecule has 0 saturated heterocycles. The van der Waals surface area contributed by atoms with Crippen molar-refractivity contribution in [1.82, 2.24) is 9.78 Å². The number of aromatic nitrogens is 2. The molecule has 4 fully saturated rings. The normalized spacial score (nSPS) is 31.7. The molecule has 0 amide bonds. The Kier molecular flexibility index (Phi) is 4.63. The second-order valence-corrected chi connectivity index (χ2v) is 10.3. The smallest absolute Gasteiger partial charge is 0.303 e. The molecule has 1 aromatic heterocycles. The van der Waals surface area contributed by atoms with Crippen molar-refractivity contribution >= 4 is 40.5 Å². The topological polar surface area (TPSA) is 84.2 Å². The van der Waals surface area contributed by atoms with Gasteiger partial charge in [0, 0.05) is 10.7 Å². The summed E-state index contributed by atoms with van der Waals surface area (Å²) in [5, 5.41) is 17.9. The van der Waals surface area contributed by atoms with Gasteiger partial charge in [-0.05, 0) is 80.0 Å². The van der Waals surface area contributed by atoms with Crippen LogP contribution in [-0.4, -0.2) is 20.9 Å². The van der Waals surface area contributed by atoms with E-state index in [-0.39, 0.29) is 22.4 Å². The summed E-state index contributed by atoms with van der Waals surface area (Å²) in [6, 6.07) is 7.12. The third-order valence-corrected chi connectivity index (χ3v) is 7.79. The van der Waals surface area contributed by atoms with Gasteiger partial charge in [-0.3, -0.25) is 9.59 Å². The largest absolute Gasteiger partial charge is 0.481 e. The van der Waals surface area contributed by atoms with E-state index in [9.17, 15) is 14.7 Å². The summed E-state index contributed by atoms with van der Waals surface area (Å²) in [6.45, 7) is 0. The highest BCUT2D eigenvalue weighted by atomic mass is 35.5. The maximum absolute atomic E-state index is 13.3. The van der Waals surface area contributed by atoms with E-state index in [0.29, 0.717) is 29.0 Å². The molecule has 4 atom stereocenters. The third-order valence-electron chi connectivity index (χ3n) is 7.17. The Bertz CT molecular complexity index is 1050. The van der Waals surface area contributed by atoms with Gasteiger partial charge < -0.3 is 10.4 Å². The van der Waals surface area contributed by atoms with Gasteiger partial charge in [0.25, 0.3) is 5.56 Å². The molecule has 4 saturated carbocycles. The van der Waals surface area contributed by atoms with E-state index < -0.39 is 11.5 Å². The van der Waals surface area contributed by atoms with E-state index in [2.05, 4.69) is 10.4 Å². The van der Waals surface area contributed by atoms with Crippen molar-refractivity contribution in [1.29, 1.82) is 0 Å². The number of hydrogen-bond acceptors (Lipinski definition) is 4. The van der Waals surface area contributed by atoms with Gasteiger partial charge in [-0.2, -0.15) is 5.10 Å². The molecule has 1 heterocycles. The number of hydrogen-bond donors (Lipinski definition) is 2. The molecule has 2 aromatic rings. The fraction of sp³-hybridized carbons (Fsp3) is 0.500. The molecule has 6 rings (SSSR count). The lowest BCUT2D eigenvalue weighted by Crippen LogP contribution is -2.59. The molecule has 8 heteroatoms. The van der Waals surface area contributed by atoms with Gasteiger partial charge in [0.15, 0.2) is 0 Å². The molecule has 0 aliphatic heterocycles. The molecule has 2 N–H and O–H groups in total. The van der Waals surface area contributed by atoms with Crippen LogP contribution in [0, 0.1) is 17.3 Å². The Morgan fingerprint density at radius 3 is 2.47 bits per heavy atom. The summed E-state index contributed by atoms with van der Waals surface area (Å²) in [6.07, 6.45) is 7.21. The Balaban J connectivity index is 1.50. The molecule has 2 unspecified atom stereocenters. The van der Waals surface area contributed by atoms with Crippen LogP contribution >= 0.6 is 23.2 Å². The summed E-state index contributed by atoms with van der Waals surface area (Å²) >= 11 is 12.4. The number of carboxylic acids is 1. The van der Waals surface area contributed by atoms with Crippen LogP contribution < -0.4 is 10.9 Å². The number of nitrogens with zero attached hydrogens (tertiary/aromatic N) is 2. The fourth-order valence-electron chi connectivity index (χ4n) is 6.72. The molecule has 4 aliphatic carbocycles. The summed E-state index contributed by atoms with van der Waals surface area (Å²) in [5.74, 6) is 0.142. The number of carboxylic acid groups (broad SMARTS) is 1. The van der Waals surface area contributed by atoms with Gasteiger partial charge >= 0.3 is 5.97 Å². The number of halogens is 2. The molecule has 4 aliphatic rings. The van der Waals surface area contributed by atoms with Gasteiger partial charge in [0.05, 0.1) is 23.8 Å². The van der Waals surface area contributed by atoms with E-state index in [1.165, 1.54) is 0 Å². The van der Waals surface area contributed by atoms with Crippen LogP contribution in [0.15, 0.2) is 35.3 Å². The quantitative estimate of drug-likeness (QED) is 0.668. The SMILES string of the molecule is O=C(O)CC12C[C@H]3C[C@@H](C1)CC(n1ncc(Nc4ccc(Cl)cc4)c(Cl)c1=O)(C3)C2. The van der Waals surface area contributed by atoms with Gasteiger partial charge in [-0.1, -0.05) is 23.2 Å². The van der Waals surface area contributed by atoms with Crippen LogP contribution in [0.2, 0.25) is 10.0 Å². The highest BCUT2D eigenvalue weighted by Gasteiger charge is 2.59. The van der Waals surface area contributed by atoms with E-state index >= 15 is 0 Å². The highest BCUT2D eigenvalue weighted by molar-refractivity contribution is 6.33. The molecule has 6 nitrogen and oxygen atoms in total. The highest BCUT2D eigenvalue weighted by Crippen LogP contribution is 2.65. The Labute approximate surface area is 184 Å². The molecular weight excluding hydrogens is 425 g/mol. The molecule has 30 heavy (non-hydrogen) atoms. The van der Waals surface area contributed by atoms with Crippen LogP contribution in [0.5, 0.6) is 0 Å². The zero-order valence-electron chi connectivity index (χ0n) is 16.4. The van der Waals surface area contributed by atoms with Crippen molar-refractivity contribution in [2.75, 3.05) is 5.32 Å². The summed E-state index contributed by atoms with van der Waals surface area (Å²) in [7, 11) is 0. The number of nitrogens with one attached hydrogen (secondary N) is 1. The number of anilines is 2. The zero-order valence-corrected chi connectivity index (χ0v) is 17.9. The number of benzene rings is 1. The zero-order chi connectivity index (χ0) is 21.1. The first-order chi connectivity index (χ1) is 14.3. The van der Waals surface area contributed by atoms with Crippen LogP contribution in [-0.2, 0) is 10.3 Å². The van der Waals surface area contributed by atoms with Gasteiger partial charge in [0.2, 0.25) is 0 Å². The lowest BCUT2D eigenvalue weighted by molar-refractivity contribution is -0.151. The summed E-state index contributed by atoms with van der Waals surface area (Å²) in [5.41, 5.74) is 0.228. The summed E-state index contributed by atoms with van der Waals surface area (Å²) < 4.78 is 1.57. The third kappa shape index (κ3) is 3.30. The predicted molar refractivity (Wildman–Crippen MR) is 116 cm³/mol. The van der Waals surface area contributed by atoms with Gasteiger partial charge in [0.1, 0.15) is 5.02 Å². The monoisotopic (exact) mass is 447 g/mol. The van der Waals surface area contributed by atoms with Crippen LogP contribution in [0.1, 0.15) is 44.9 Å². The van der Waals surface area contributed by atoms with Crippen molar-refractivity contribution in [3.63, 3.8) is 0 Å². The van der Waals surface area contributed by atoms with Crippen LogP contribution in [0.4, 0.5) is 11.4 Å². The molecule has 0 radical (unpaired) electrons. The predicted octanol–water partition coefficient (Wildman–Crippen LogP) is 5.06. The first-order valence-corrected chi connectivity index (χ1v) is 11.1. The number of carbonyl (C=O) groups is 1. The molecular formula is C22H23Cl2N3O3.